The Balaban J connectivity index is 2.08. The quantitative estimate of drug-likeness (QED) is 0.677. The molecule has 2 N–H and O–H groups in total. The minimum atomic E-state index is -0.424. The van der Waals surface area contributed by atoms with Crippen LogP contribution in [0.15, 0.2) is 0 Å². The van der Waals surface area contributed by atoms with E-state index in [1.165, 1.54) is 12.8 Å². The van der Waals surface area contributed by atoms with E-state index in [4.69, 9.17) is 4.74 Å². The Morgan fingerprint density at radius 1 is 1.43 bits per heavy atom. The summed E-state index contributed by atoms with van der Waals surface area (Å²) in [6, 6.07) is 0. The molecule has 0 amide bonds. The molecule has 0 radical (unpaired) electrons. The molecular weight excluding hydrogens is 178 g/mol. The van der Waals surface area contributed by atoms with E-state index in [2.05, 4.69) is 12.2 Å². The van der Waals surface area contributed by atoms with Crippen LogP contribution in [0.3, 0.4) is 0 Å². The molecule has 0 aromatic heterocycles. The summed E-state index contributed by atoms with van der Waals surface area (Å²) in [6.45, 7) is 4.60. The Hall–Kier alpha value is -0.120. The summed E-state index contributed by atoms with van der Waals surface area (Å²) in [5, 5.41) is 13.4. The van der Waals surface area contributed by atoms with Crippen LogP contribution in [0.4, 0.5) is 0 Å². The summed E-state index contributed by atoms with van der Waals surface area (Å²) < 4.78 is 5.05. The van der Waals surface area contributed by atoms with Crippen LogP contribution in [0.5, 0.6) is 0 Å². The number of hydrogen-bond acceptors (Lipinski definition) is 3. The third-order valence-electron chi connectivity index (χ3n) is 2.93. The smallest absolute Gasteiger partial charge is 0.0771 e. The molecule has 0 heterocycles. The number of nitrogens with one attached hydrogen (secondary N) is 1. The summed E-state index contributed by atoms with van der Waals surface area (Å²) in [6.07, 6.45) is 4.26. The van der Waals surface area contributed by atoms with Crippen molar-refractivity contribution in [1.29, 1.82) is 0 Å². The van der Waals surface area contributed by atoms with E-state index in [0.717, 1.165) is 32.5 Å². The summed E-state index contributed by atoms with van der Waals surface area (Å²) >= 11 is 0. The first kappa shape index (κ1) is 12.0. The number of ether oxygens (including phenoxy) is 1. The molecule has 3 heteroatoms. The molecule has 0 bridgehead atoms. The second kappa shape index (κ2) is 5.69. The van der Waals surface area contributed by atoms with E-state index in [1.807, 2.05) is 0 Å². The monoisotopic (exact) mass is 201 g/mol. The fourth-order valence-corrected chi connectivity index (χ4v) is 2.10. The standard InChI is InChI=1S/C11H23NO2/c1-10(8-14-2)7-12-9-11(13)5-3-4-6-11/h10,12-13H,3-9H2,1-2H3. The van der Waals surface area contributed by atoms with E-state index in [9.17, 15) is 5.11 Å². The van der Waals surface area contributed by atoms with Crippen molar-refractivity contribution in [3.05, 3.63) is 0 Å². The van der Waals surface area contributed by atoms with Crippen LogP contribution in [0.25, 0.3) is 0 Å². The molecule has 14 heavy (non-hydrogen) atoms. The summed E-state index contributed by atoms with van der Waals surface area (Å²) in [4.78, 5) is 0. The number of hydrogen-bond donors (Lipinski definition) is 2. The van der Waals surface area contributed by atoms with Crippen molar-refractivity contribution in [2.45, 2.75) is 38.2 Å². The van der Waals surface area contributed by atoms with E-state index in [0.29, 0.717) is 5.92 Å². The van der Waals surface area contributed by atoms with Crippen molar-refractivity contribution in [2.75, 3.05) is 26.8 Å². The van der Waals surface area contributed by atoms with Crippen LogP contribution in [0, 0.1) is 5.92 Å². The fourth-order valence-electron chi connectivity index (χ4n) is 2.10. The highest BCUT2D eigenvalue weighted by Crippen LogP contribution is 2.28. The van der Waals surface area contributed by atoms with Crippen molar-refractivity contribution in [3.8, 4) is 0 Å². The second-order valence-electron chi connectivity index (χ2n) is 4.62. The van der Waals surface area contributed by atoms with Crippen LogP contribution in [-0.4, -0.2) is 37.5 Å². The first-order chi connectivity index (χ1) is 6.66. The topological polar surface area (TPSA) is 41.5 Å². The predicted molar refractivity (Wildman–Crippen MR) is 57.3 cm³/mol. The molecule has 1 rings (SSSR count). The van der Waals surface area contributed by atoms with Crippen molar-refractivity contribution < 1.29 is 9.84 Å². The van der Waals surface area contributed by atoms with E-state index in [-0.39, 0.29) is 0 Å². The van der Waals surface area contributed by atoms with Gasteiger partial charge in [0.2, 0.25) is 0 Å². The van der Waals surface area contributed by atoms with Crippen LogP contribution >= 0.6 is 0 Å². The third-order valence-corrected chi connectivity index (χ3v) is 2.93. The number of rotatable bonds is 6. The van der Waals surface area contributed by atoms with Gasteiger partial charge in [-0.1, -0.05) is 19.8 Å². The summed E-state index contributed by atoms with van der Waals surface area (Å²) in [7, 11) is 1.72. The van der Waals surface area contributed by atoms with E-state index in [1.54, 1.807) is 7.11 Å². The molecule has 1 aliphatic carbocycles. The molecule has 3 nitrogen and oxygen atoms in total. The second-order valence-corrected chi connectivity index (χ2v) is 4.62. The lowest BCUT2D eigenvalue weighted by Gasteiger charge is -2.23. The zero-order valence-electron chi connectivity index (χ0n) is 9.38. The summed E-state index contributed by atoms with van der Waals surface area (Å²) in [5.41, 5.74) is -0.424. The number of aliphatic hydroxyl groups is 1. The van der Waals surface area contributed by atoms with Gasteiger partial charge in [0.1, 0.15) is 0 Å². The molecule has 1 atom stereocenters. The Bertz CT molecular complexity index is 155. The fraction of sp³-hybridized carbons (Fsp3) is 1.00. The van der Waals surface area contributed by atoms with Crippen LogP contribution in [0.2, 0.25) is 0 Å². The van der Waals surface area contributed by atoms with Crippen molar-refractivity contribution >= 4 is 0 Å². The van der Waals surface area contributed by atoms with Crippen LogP contribution in [0.1, 0.15) is 32.6 Å². The van der Waals surface area contributed by atoms with Gasteiger partial charge in [-0.25, -0.2) is 0 Å². The molecule has 84 valence electrons. The lowest BCUT2D eigenvalue weighted by molar-refractivity contribution is 0.0457. The van der Waals surface area contributed by atoms with Gasteiger partial charge in [-0.3, -0.25) is 0 Å². The van der Waals surface area contributed by atoms with Crippen molar-refractivity contribution in [1.82, 2.24) is 5.32 Å². The van der Waals surface area contributed by atoms with Gasteiger partial charge in [-0.15, -0.1) is 0 Å². The normalized spacial score (nSPS) is 22.5. The zero-order chi connectivity index (χ0) is 10.4. The highest BCUT2D eigenvalue weighted by Gasteiger charge is 2.30. The lowest BCUT2D eigenvalue weighted by atomic mass is 10.0. The minimum Gasteiger partial charge on any atom is -0.389 e. The van der Waals surface area contributed by atoms with Gasteiger partial charge in [-0.05, 0) is 18.8 Å². The van der Waals surface area contributed by atoms with Crippen molar-refractivity contribution in [3.63, 3.8) is 0 Å². The van der Waals surface area contributed by atoms with Gasteiger partial charge in [-0.2, -0.15) is 0 Å². The molecule has 1 saturated carbocycles. The molecule has 0 aromatic carbocycles. The van der Waals surface area contributed by atoms with Gasteiger partial charge in [0.05, 0.1) is 5.60 Å². The van der Waals surface area contributed by atoms with Gasteiger partial charge in [0.25, 0.3) is 0 Å². The Labute approximate surface area is 86.8 Å². The van der Waals surface area contributed by atoms with Gasteiger partial charge in [0, 0.05) is 26.8 Å². The minimum absolute atomic E-state index is 0.424. The SMILES string of the molecule is COCC(C)CNCC1(O)CCCC1. The highest BCUT2D eigenvalue weighted by molar-refractivity contribution is 4.86. The molecule has 1 aliphatic rings. The molecular formula is C11H23NO2. The van der Waals surface area contributed by atoms with E-state index >= 15 is 0 Å². The summed E-state index contributed by atoms with van der Waals surface area (Å²) in [5.74, 6) is 0.519. The van der Waals surface area contributed by atoms with Crippen molar-refractivity contribution in [2.24, 2.45) is 5.92 Å². The Morgan fingerprint density at radius 2 is 2.07 bits per heavy atom. The largest absolute Gasteiger partial charge is 0.389 e. The molecule has 0 saturated heterocycles. The molecule has 1 fully saturated rings. The van der Waals surface area contributed by atoms with Crippen LogP contribution in [-0.2, 0) is 4.74 Å². The van der Waals surface area contributed by atoms with Gasteiger partial charge in [0.15, 0.2) is 0 Å². The first-order valence-corrected chi connectivity index (χ1v) is 5.58. The maximum atomic E-state index is 10.0. The lowest BCUT2D eigenvalue weighted by Crippen LogP contribution is -2.40. The average molecular weight is 201 g/mol. The number of methoxy groups -OCH3 is 1. The maximum absolute atomic E-state index is 10.0. The molecule has 0 spiro atoms. The zero-order valence-corrected chi connectivity index (χ0v) is 9.38. The van der Waals surface area contributed by atoms with Gasteiger partial charge < -0.3 is 15.2 Å². The Morgan fingerprint density at radius 3 is 2.64 bits per heavy atom. The predicted octanol–water partition coefficient (Wildman–Crippen LogP) is 1.16. The maximum Gasteiger partial charge on any atom is 0.0771 e. The molecule has 0 aliphatic heterocycles. The Kier molecular flexibility index (Phi) is 4.85. The average Bonchev–Trinajstić information content (AvgIpc) is 2.53. The molecule has 1 unspecified atom stereocenters. The first-order valence-electron chi connectivity index (χ1n) is 5.58. The highest BCUT2D eigenvalue weighted by atomic mass is 16.5. The molecule has 0 aromatic rings. The van der Waals surface area contributed by atoms with E-state index < -0.39 is 5.60 Å². The van der Waals surface area contributed by atoms with Crippen LogP contribution < -0.4 is 5.32 Å². The van der Waals surface area contributed by atoms with Gasteiger partial charge >= 0.3 is 0 Å². The third kappa shape index (κ3) is 3.95.